The van der Waals surface area contributed by atoms with Gasteiger partial charge in [-0.1, -0.05) is 23.7 Å². The van der Waals surface area contributed by atoms with Gasteiger partial charge >= 0.3 is 0 Å². The maximum Gasteiger partial charge on any atom is 0.133 e. The molecule has 0 fully saturated rings. The molecule has 0 aliphatic heterocycles. The van der Waals surface area contributed by atoms with Gasteiger partial charge in [-0.15, -0.1) is 0 Å². The van der Waals surface area contributed by atoms with Gasteiger partial charge in [0.1, 0.15) is 12.4 Å². The van der Waals surface area contributed by atoms with E-state index in [1.807, 2.05) is 24.3 Å². The predicted octanol–water partition coefficient (Wildman–Crippen LogP) is 3.58. The third-order valence-corrected chi connectivity index (χ3v) is 2.09. The molecule has 0 N–H and O–H groups in total. The summed E-state index contributed by atoms with van der Waals surface area (Å²) in [6.45, 7) is 0.492. The van der Waals surface area contributed by atoms with Gasteiger partial charge < -0.3 is 4.74 Å². The van der Waals surface area contributed by atoms with Gasteiger partial charge in [0.2, 0.25) is 0 Å². The lowest BCUT2D eigenvalue weighted by Gasteiger charge is -2.03. The van der Waals surface area contributed by atoms with Crippen molar-refractivity contribution in [3.8, 4) is 5.75 Å². The normalized spacial score (nSPS) is 10.5. The first-order valence-corrected chi connectivity index (χ1v) is 4.70. The lowest BCUT2D eigenvalue weighted by Crippen LogP contribution is -1.92. The lowest BCUT2D eigenvalue weighted by atomic mass is 10.3. The molecule has 3 heteroatoms. The van der Waals surface area contributed by atoms with Crippen LogP contribution in [0.5, 0.6) is 5.75 Å². The standard InChI is InChI=1S/C9H8BrClO/c10-8-4-1-2-5-9(8)12-7-3-6-11/h1-6H,7H2. The molecule has 1 rings (SSSR count). The molecule has 0 bridgehead atoms. The minimum Gasteiger partial charge on any atom is -0.488 e. The van der Waals surface area contributed by atoms with Gasteiger partial charge in [-0.2, -0.15) is 0 Å². The van der Waals surface area contributed by atoms with E-state index in [2.05, 4.69) is 15.9 Å². The molecule has 0 radical (unpaired) electrons. The molecule has 0 aromatic heterocycles. The van der Waals surface area contributed by atoms with Gasteiger partial charge in [0.05, 0.1) is 4.47 Å². The van der Waals surface area contributed by atoms with Crippen LogP contribution in [0.3, 0.4) is 0 Å². The summed E-state index contributed by atoms with van der Waals surface area (Å²) >= 11 is 8.70. The molecule has 0 aliphatic rings. The molecule has 0 heterocycles. The fraction of sp³-hybridized carbons (Fsp3) is 0.111. The van der Waals surface area contributed by atoms with Crippen molar-refractivity contribution >= 4 is 27.5 Å². The van der Waals surface area contributed by atoms with Gasteiger partial charge in [-0.25, -0.2) is 0 Å². The second-order valence-corrected chi connectivity index (χ2v) is 3.21. The summed E-state index contributed by atoms with van der Waals surface area (Å²) in [7, 11) is 0. The second kappa shape index (κ2) is 5.22. The van der Waals surface area contributed by atoms with Crippen molar-refractivity contribution in [2.75, 3.05) is 6.61 Å². The van der Waals surface area contributed by atoms with Crippen LogP contribution >= 0.6 is 27.5 Å². The first-order chi connectivity index (χ1) is 5.84. The molecule has 0 saturated heterocycles. The Kier molecular flexibility index (Phi) is 4.19. The average molecular weight is 248 g/mol. The summed E-state index contributed by atoms with van der Waals surface area (Å²) in [6.07, 6.45) is 1.74. The molecule has 1 nitrogen and oxygen atoms in total. The van der Waals surface area contributed by atoms with E-state index in [4.69, 9.17) is 16.3 Å². The quantitative estimate of drug-likeness (QED) is 0.793. The Labute approximate surface area is 85.1 Å². The third kappa shape index (κ3) is 2.88. The van der Waals surface area contributed by atoms with Crippen LogP contribution in [0, 0.1) is 0 Å². The molecule has 0 spiro atoms. The molecule has 0 amide bonds. The van der Waals surface area contributed by atoms with Crippen molar-refractivity contribution in [2.45, 2.75) is 0 Å². The Morgan fingerprint density at radius 1 is 1.42 bits per heavy atom. The van der Waals surface area contributed by atoms with E-state index in [0.717, 1.165) is 10.2 Å². The molecule has 1 aromatic carbocycles. The predicted molar refractivity (Wildman–Crippen MR) is 54.6 cm³/mol. The number of hydrogen-bond donors (Lipinski definition) is 0. The number of halogens is 2. The molecular weight excluding hydrogens is 239 g/mol. The van der Waals surface area contributed by atoms with Crippen molar-refractivity contribution in [2.24, 2.45) is 0 Å². The Balaban J connectivity index is 2.57. The summed E-state index contributed by atoms with van der Waals surface area (Å²) < 4.78 is 6.31. The molecule has 0 aliphatic carbocycles. The highest BCUT2D eigenvalue weighted by atomic mass is 79.9. The molecule has 0 atom stereocenters. The third-order valence-electron chi connectivity index (χ3n) is 1.26. The van der Waals surface area contributed by atoms with Crippen LogP contribution < -0.4 is 4.74 Å². The topological polar surface area (TPSA) is 9.23 Å². The van der Waals surface area contributed by atoms with Crippen molar-refractivity contribution in [1.29, 1.82) is 0 Å². The highest BCUT2D eigenvalue weighted by Crippen LogP contribution is 2.23. The van der Waals surface area contributed by atoms with Gasteiger partial charge in [0.25, 0.3) is 0 Å². The number of para-hydroxylation sites is 1. The van der Waals surface area contributed by atoms with Gasteiger partial charge in [0.15, 0.2) is 0 Å². The van der Waals surface area contributed by atoms with Crippen molar-refractivity contribution < 1.29 is 4.74 Å². The zero-order valence-corrected chi connectivity index (χ0v) is 8.68. The van der Waals surface area contributed by atoms with E-state index in [9.17, 15) is 0 Å². The zero-order valence-electron chi connectivity index (χ0n) is 6.34. The molecule has 64 valence electrons. The number of rotatable bonds is 3. The maximum atomic E-state index is 5.36. The smallest absolute Gasteiger partial charge is 0.133 e. The van der Waals surface area contributed by atoms with Crippen LogP contribution in [0.2, 0.25) is 0 Å². The van der Waals surface area contributed by atoms with Crippen LogP contribution in [0.4, 0.5) is 0 Å². The van der Waals surface area contributed by atoms with Crippen LogP contribution in [0.25, 0.3) is 0 Å². The van der Waals surface area contributed by atoms with E-state index < -0.39 is 0 Å². The minimum atomic E-state index is 0.492. The van der Waals surface area contributed by atoms with E-state index in [0.29, 0.717) is 6.61 Å². The van der Waals surface area contributed by atoms with Gasteiger partial charge in [-0.05, 0) is 34.1 Å². The first-order valence-electron chi connectivity index (χ1n) is 3.47. The Morgan fingerprint density at radius 2 is 2.17 bits per heavy atom. The fourth-order valence-electron chi connectivity index (χ4n) is 0.736. The monoisotopic (exact) mass is 246 g/mol. The summed E-state index contributed by atoms with van der Waals surface area (Å²) in [4.78, 5) is 0. The minimum absolute atomic E-state index is 0.492. The fourth-order valence-corrected chi connectivity index (χ4v) is 1.21. The Bertz CT molecular complexity index is 273. The van der Waals surface area contributed by atoms with Crippen molar-refractivity contribution in [3.63, 3.8) is 0 Å². The molecule has 1 aromatic rings. The zero-order chi connectivity index (χ0) is 8.81. The SMILES string of the molecule is ClC=CCOc1ccccc1Br. The molecule has 0 saturated carbocycles. The number of benzene rings is 1. The second-order valence-electron chi connectivity index (χ2n) is 2.10. The van der Waals surface area contributed by atoms with Gasteiger partial charge in [-0.3, -0.25) is 0 Å². The molecular formula is C9H8BrClO. The van der Waals surface area contributed by atoms with Crippen molar-refractivity contribution in [3.05, 3.63) is 40.3 Å². The van der Waals surface area contributed by atoms with Crippen LogP contribution in [-0.4, -0.2) is 6.61 Å². The molecule has 0 unspecified atom stereocenters. The largest absolute Gasteiger partial charge is 0.488 e. The van der Waals surface area contributed by atoms with Crippen molar-refractivity contribution in [1.82, 2.24) is 0 Å². The van der Waals surface area contributed by atoms with E-state index >= 15 is 0 Å². The molecule has 12 heavy (non-hydrogen) atoms. The summed E-state index contributed by atoms with van der Waals surface area (Å²) in [5, 5.41) is 0. The average Bonchev–Trinajstić information content (AvgIpc) is 2.09. The van der Waals surface area contributed by atoms with Crippen LogP contribution in [0.15, 0.2) is 40.3 Å². The van der Waals surface area contributed by atoms with E-state index in [1.165, 1.54) is 5.54 Å². The number of ether oxygens (including phenoxy) is 1. The summed E-state index contributed by atoms with van der Waals surface area (Å²) in [5.41, 5.74) is 1.44. The Hall–Kier alpha value is -0.470. The first kappa shape index (κ1) is 9.62. The highest BCUT2D eigenvalue weighted by molar-refractivity contribution is 9.10. The summed E-state index contributed by atoms with van der Waals surface area (Å²) in [5.74, 6) is 0.826. The maximum absolute atomic E-state index is 5.36. The Morgan fingerprint density at radius 3 is 2.83 bits per heavy atom. The van der Waals surface area contributed by atoms with Crippen LogP contribution in [-0.2, 0) is 0 Å². The van der Waals surface area contributed by atoms with E-state index in [-0.39, 0.29) is 0 Å². The van der Waals surface area contributed by atoms with E-state index in [1.54, 1.807) is 6.08 Å². The summed E-state index contributed by atoms with van der Waals surface area (Å²) in [6, 6.07) is 7.69. The highest BCUT2D eigenvalue weighted by Gasteiger charge is 1.95. The number of hydrogen-bond acceptors (Lipinski definition) is 1. The van der Waals surface area contributed by atoms with Crippen LogP contribution in [0.1, 0.15) is 0 Å². The van der Waals surface area contributed by atoms with Gasteiger partial charge in [0, 0.05) is 5.54 Å². The lowest BCUT2D eigenvalue weighted by molar-refractivity contribution is 0.361.